The molecule has 0 aliphatic rings. The molecule has 0 radical (unpaired) electrons. The summed E-state index contributed by atoms with van der Waals surface area (Å²) in [6.07, 6.45) is 1.77. The summed E-state index contributed by atoms with van der Waals surface area (Å²) in [7, 11) is -4.07. The van der Waals surface area contributed by atoms with Crippen LogP contribution in [0.15, 0.2) is 36.4 Å². The molecule has 0 fully saturated rings. The smallest absolute Gasteiger partial charge is 0.244 e. The van der Waals surface area contributed by atoms with Gasteiger partial charge in [0.05, 0.1) is 22.0 Å². The SMILES string of the molecule is CCCNC(=O)C(CC)N(Cc1ccc(Cl)c(Cl)c1)C(=O)CN(c1ccc(F)c(F)c1)S(C)(=O)=O. The van der Waals surface area contributed by atoms with E-state index in [4.69, 9.17) is 23.2 Å². The number of hydrogen-bond donors (Lipinski definition) is 1. The molecule has 0 saturated heterocycles. The number of benzene rings is 2. The first kappa shape index (κ1) is 28.8. The van der Waals surface area contributed by atoms with Crippen molar-refractivity contribution in [2.45, 2.75) is 39.3 Å². The van der Waals surface area contributed by atoms with Crippen LogP contribution in [0.25, 0.3) is 0 Å². The first-order chi connectivity index (χ1) is 16.4. The van der Waals surface area contributed by atoms with Crippen molar-refractivity contribution < 1.29 is 26.8 Å². The molecule has 2 rings (SSSR count). The molecule has 2 aromatic carbocycles. The number of nitrogens with zero attached hydrogens (tertiary/aromatic N) is 2. The fraction of sp³-hybridized carbons (Fsp3) is 0.391. The third-order valence-corrected chi connectivity index (χ3v) is 7.02. The minimum atomic E-state index is -4.07. The molecule has 12 heteroatoms. The molecule has 0 saturated carbocycles. The number of hydrogen-bond acceptors (Lipinski definition) is 4. The Bertz CT molecular complexity index is 1180. The van der Waals surface area contributed by atoms with Gasteiger partial charge in [-0.1, -0.05) is 43.1 Å². The zero-order chi connectivity index (χ0) is 26.3. The van der Waals surface area contributed by atoms with E-state index in [1.165, 1.54) is 4.90 Å². The maximum Gasteiger partial charge on any atom is 0.244 e. The van der Waals surface area contributed by atoms with Crippen LogP contribution in [0.3, 0.4) is 0 Å². The standard InChI is InChI=1S/C23H27Cl2F2N3O4S/c1-4-10-28-23(32)21(5-2)29(13-15-6-8-17(24)18(25)11-15)22(31)14-30(35(3,33)34)16-7-9-19(26)20(27)12-16/h6-9,11-12,21H,4-5,10,13-14H2,1-3H3,(H,28,32). The quantitative estimate of drug-likeness (QED) is 0.450. The van der Waals surface area contributed by atoms with E-state index in [1.54, 1.807) is 25.1 Å². The second-order valence-corrected chi connectivity index (χ2v) is 10.6. The van der Waals surface area contributed by atoms with Crippen molar-refractivity contribution in [2.24, 2.45) is 0 Å². The van der Waals surface area contributed by atoms with Crippen molar-refractivity contribution in [1.29, 1.82) is 0 Å². The van der Waals surface area contributed by atoms with Crippen molar-refractivity contribution in [3.05, 3.63) is 63.6 Å². The first-order valence-electron chi connectivity index (χ1n) is 10.8. The summed E-state index contributed by atoms with van der Waals surface area (Å²) in [6.45, 7) is 3.20. The average molecular weight is 550 g/mol. The Morgan fingerprint density at radius 3 is 2.26 bits per heavy atom. The normalized spacial score (nSPS) is 12.2. The van der Waals surface area contributed by atoms with Gasteiger partial charge in [-0.05, 0) is 42.7 Å². The third kappa shape index (κ3) is 7.78. The Labute approximate surface area is 214 Å². The largest absolute Gasteiger partial charge is 0.354 e. The van der Waals surface area contributed by atoms with Gasteiger partial charge in [0, 0.05) is 19.2 Å². The molecule has 2 aromatic rings. The van der Waals surface area contributed by atoms with Crippen molar-refractivity contribution in [3.8, 4) is 0 Å². The predicted molar refractivity (Wildman–Crippen MR) is 133 cm³/mol. The molecule has 0 heterocycles. The number of halogens is 4. The topological polar surface area (TPSA) is 86.8 Å². The molecule has 1 N–H and O–H groups in total. The molecule has 192 valence electrons. The van der Waals surface area contributed by atoms with Crippen LogP contribution in [0, 0.1) is 11.6 Å². The molecular formula is C23H27Cl2F2N3O4S. The highest BCUT2D eigenvalue weighted by Gasteiger charge is 2.32. The highest BCUT2D eigenvalue weighted by atomic mass is 35.5. The van der Waals surface area contributed by atoms with Gasteiger partial charge in [-0.3, -0.25) is 13.9 Å². The highest BCUT2D eigenvalue weighted by molar-refractivity contribution is 7.92. The van der Waals surface area contributed by atoms with Crippen molar-refractivity contribution >= 4 is 50.7 Å². The van der Waals surface area contributed by atoms with E-state index in [-0.39, 0.29) is 23.7 Å². The average Bonchev–Trinajstić information content (AvgIpc) is 2.79. The number of nitrogens with one attached hydrogen (secondary N) is 1. The van der Waals surface area contributed by atoms with Gasteiger partial charge in [-0.2, -0.15) is 0 Å². The summed E-state index contributed by atoms with van der Waals surface area (Å²) in [6, 6.07) is 6.33. The van der Waals surface area contributed by atoms with Crippen LogP contribution >= 0.6 is 23.2 Å². The monoisotopic (exact) mass is 549 g/mol. The molecule has 2 amide bonds. The van der Waals surface area contributed by atoms with Crippen molar-refractivity contribution in [1.82, 2.24) is 10.2 Å². The maximum atomic E-state index is 13.8. The second kappa shape index (κ2) is 12.5. The Hall–Kier alpha value is -2.43. The zero-order valence-corrected chi connectivity index (χ0v) is 21.9. The number of carbonyl (C=O) groups excluding carboxylic acids is 2. The number of amides is 2. The summed E-state index contributed by atoms with van der Waals surface area (Å²) in [5.41, 5.74) is 0.339. The molecule has 0 aliphatic carbocycles. The Morgan fingerprint density at radius 2 is 1.71 bits per heavy atom. The van der Waals surface area contributed by atoms with E-state index in [0.29, 0.717) is 33.9 Å². The van der Waals surface area contributed by atoms with Crippen LogP contribution in [0.1, 0.15) is 32.3 Å². The number of rotatable bonds is 11. The maximum absolute atomic E-state index is 13.8. The van der Waals surface area contributed by atoms with Gasteiger partial charge in [-0.15, -0.1) is 0 Å². The van der Waals surface area contributed by atoms with Gasteiger partial charge in [0.15, 0.2) is 11.6 Å². The molecule has 35 heavy (non-hydrogen) atoms. The third-order valence-electron chi connectivity index (χ3n) is 5.14. The fourth-order valence-corrected chi connectivity index (χ4v) is 4.54. The van der Waals surface area contributed by atoms with E-state index in [9.17, 15) is 26.8 Å². The van der Waals surface area contributed by atoms with Crippen molar-refractivity contribution in [3.63, 3.8) is 0 Å². The number of anilines is 1. The first-order valence-corrected chi connectivity index (χ1v) is 13.4. The van der Waals surface area contributed by atoms with Crippen LogP contribution in [-0.2, 0) is 26.2 Å². The second-order valence-electron chi connectivity index (χ2n) is 7.85. The lowest BCUT2D eigenvalue weighted by Gasteiger charge is -2.33. The minimum absolute atomic E-state index is 0.0663. The van der Waals surface area contributed by atoms with Crippen LogP contribution in [0.4, 0.5) is 14.5 Å². The summed E-state index contributed by atoms with van der Waals surface area (Å²) in [5, 5.41) is 3.31. The molecule has 0 aromatic heterocycles. The van der Waals surface area contributed by atoms with Crippen LogP contribution in [-0.4, -0.2) is 50.5 Å². The molecule has 0 aliphatic heterocycles. The molecule has 7 nitrogen and oxygen atoms in total. The number of sulfonamides is 1. The van der Waals surface area contributed by atoms with E-state index < -0.39 is 46.1 Å². The van der Waals surface area contributed by atoms with E-state index >= 15 is 0 Å². The molecule has 0 spiro atoms. The van der Waals surface area contributed by atoms with Gasteiger partial charge in [-0.25, -0.2) is 17.2 Å². The summed E-state index contributed by atoms with van der Waals surface area (Å²) >= 11 is 12.1. The van der Waals surface area contributed by atoms with Crippen LogP contribution in [0.2, 0.25) is 10.0 Å². The van der Waals surface area contributed by atoms with E-state index in [0.717, 1.165) is 18.4 Å². The van der Waals surface area contributed by atoms with Gasteiger partial charge >= 0.3 is 0 Å². The van der Waals surface area contributed by atoms with E-state index in [2.05, 4.69) is 5.32 Å². The molecule has 1 unspecified atom stereocenters. The molecule has 1 atom stereocenters. The lowest BCUT2D eigenvalue weighted by Crippen LogP contribution is -2.52. The lowest BCUT2D eigenvalue weighted by molar-refractivity contribution is -0.140. The summed E-state index contributed by atoms with van der Waals surface area (Å²) < 4.78 is 52.8. The van der Waals surface area contributed by atoms with Gasteiger partial charge in [0.2, 0.25) is 21.8 Å². The lowest BCUT2D eigenvalue weighted by atomic mass is 10.1. The highest BCUT2D eigenvalue weighted by Crippen LogP contribution is 2.25. The van der Waals surface area contributed by atoms with E-state index in [1.807, 2.05) is 6.92 Å². The van der Waals surface area contributed by atoms with Crippen molar-refractivity contribution in [2.75, 3.05) is 23.7 Å². The van der Waals surface area contributed by atoms with Gasteiger partial charge < -0.3 is 10.2 Å². The zero-order valence-electron chi connectivity index (χ0n) is 19.5. The molecular weight excluding hydrogens is 523 g/mol. The Morgan fingerprint density at radius 1 is 1.03 bits per heavy atom. The summed E-state index contributed by atoms with van der Waals surface area (Å²) in [4.78, 5) is 27.6. The van der Waals surface area contributed by atoms with Gasteiger partial charge in [0.25, 0.3) is 0 Å². The minimum Gasteiger partial charge on any atom is -0.354 e. The Balaban J connectivity index is 2.46. The van der Waals surface area contributed by atoms with Gasteiger partial charge in [0.1, 0.15) is 12.6 Å². The summed E-state index contributed by atoms with van der Waals surface area (Å²) in [5.74, 6) is -3.54. The number of carbonyl (C=O) groups is 2. The Kier molecular flexibility index (Phi) is 10.3. The van der Waals surface area contributed by atoms with Crippen LogP contribution < -0.4 is 9.62 Å². The fourth-order valence-electron chi connectivity index (χ4n) is 3.37. The molecule has 0 bridgehead atoms. The van der Waals surface area contributed by atoms with Crippen LogP contribution in [0.5, 0.6) is 0 Å². The predicted octanol–water partition coefficient (Wildman–Crippen LogP) is 4.37.